The molecule has 0 fully saturated rings. The van der Waals surface area contributed by atoms with Gasteiger partial charge in [0, 0.05) is 6.42 Å². The summed E-state index contributed by atoms with van der Waals surface area (Å²) in [5, 5.41) is 2.61. The lowest BCUT2D eigenvalue weighted by molar-refractivity contribution is -0.134. The molecule has 0 spiro atoms. The Morgan fingerprint density at radius 1 is 1.00 bits per heavy atom. The summed E-state index contributed by atoms with van der Waals surface area (Å²) in [5.41, 5.74) is 2.31. The highest BCUT2D eigenvalue weighted by Gasteiger charge is 2.19. The molecule has 0 heterocycles. The first kappa shape index (κ1) is 17.5. The van der Waals surface area contributed by atoms with Gasteiger partial charge in [-0.2, -0.15) is 0 Å². The van der Waals surface area contributed by atoms with Gasteiger partial charge < -0.3 is 14.8 Å². The second-order valence-electron chi connectivity index (χ2n) is 5.41. The van der Waals surface area contributed by atoms with Crippen molar-refractivity contribution in [1.29, 1.82) is 0 Å². The third-order valence-corrected chi connectivity index (χ3v) is 3.63. The standard InChI is InChI=1S/C19H21NO4/c1-13-11-16(23-2)18(17(12-13)24-3)20-19(22)15(21)10-9-14-7-5-4-6-8-14/h4-8,11-12H,9-10H2,1-3H3,(H,20,22). The number of carbonyl (C=O) groups excluding carboxylic acids is 2. The molecule has 0 aliphatic carbocycles. The van der Waals surface area contributed by atoms with Crippen molar-refractivity contribution in [3.63, 3.8) is 0 Å². The zero-order chi connectivity index (χ0) is 17.5. The lowest BCUT2D eigenvalue weighted by Gasteiger charge is -2.14. The Morgan fingerprint density at radius 2 is 1.58 bits per heavy atom. The largest absolute Gasteiger partial charge is 0.494 e. The lowest BCUT2D eigenvalue weighted by Crippen LogP contribution is -2.23. The lowest BCUT2D eigenvalue weighted by atomic mass is 10.1. The first-order valence-corrected chi connectivity index (χ1v) is 7.66. The Kier molecular flexibility index (Phi) is 5.95. The molecule has 0 atom stereocenters. The first-order chi connectivity index (χ1) is 11.5. The minimum atomic E-state index is -0.675. The van der Waals surface area contributed by atoms with Gasteiger partial charge in [-0.1, -0.05) is 30.3 Å². The number of Topliss-reactive ketones (excluding diaryl/α,β-unsaturated/α-hetero) is 1. The summed E-state index contributed by atoms with van der Waals surface area (Å²) in [4.78, 5) is 24.3. The van der Waals surface area contributed by atoms with Crippen LogP contribution in [0.3, 0.4) is 0 Å². The Labute approximate surface area is 141 Å². The fourth-order valence-electron chi connectivity index (χ4n) is 2.37. The van der Waals surface area contributed by atoms with Gasteiger partial charge in [0.05, 0.1) is 14.2 Å². The van der Waals surface area contributed by atoms with Crippen molar-refractivity contribution < 1.29 is 19.1 Å². The molecule has 0 bridgehead atoms. The summed E-state index contributed by atoms with van der Waals surface area (Å²) in [6, 6.07) is 13.1. The maximum atomic E-state index is 12.2. The molecule has 0 unspecified atom stereocenters. The molecule has 1 N–H and O–H groups in total. The number of hydrogen-bond donors (Lipinski definition) is 1. The van der Waals surface area contributed by atoms with Crippen LogP contribution in [0.25, 0.3) is 0 Å². The van der Waals surface area contributed by atoms with E-state index in [1.807, 2.05) is 37.3 Å². The summed E-state index contributed by atoms with van der Waals surface area (Å²) >= 11 is 0. The minimum absolute atomic E-state index is 0.145. The SMILES string of the molecule is COc1cc(C)cc(OC)c1NC(=O)C(=O)CCc1ccccc1. The molecule has 5 heteroatoms. The van der Waals surface area contributed by atoms with Crippen LogP contribution in [-0.4, -0.2) is 25.9 Å². The van der Waals surface area contributed by atoms with Crippen molar-refractivity contribution in [2.45, 2.75) is 19.8 Å². The van der Waals surface area contributed by atoms with Crippen LogP contribution in [0.15, 0.2) is 42.5 Å². The summed E-state index contributed by atoms with van der Waals surface area (Å²) in [6.07, 6.45) is 0.668. The van der Waals surface area contributed by atoms with Crippen LogP contribution in [0.4, 0.5) is 5.69 Å². The highest BCUT2D eigenvalue weighted by Crippen LogP contribution is 2.35. The smallest absolute Gasteiger partial charge is 0.291 e. The number of anilines is 1. The molecular weight excluding hydrogens is 306 g/mol. The summed E-state index contributed by atoms with van der Waals surface area (Å²) in [5.74, 6) is -0.248. The Bertz CT molecular complexity index is 700. The van der Waals surface area contributed by atoms with E-state index in [0.717, 1.165) is 11.1 Å². The molecule has 2 aromatic rings. The number of benzene rings is 2. The van der Waals surface area contributed by atoms with Crippen molar-refractivity contribution in [3.05, 3.63) is 53.6 Å². The molecule has 0 saturated carbocycles. The van der Waals surface area contributed by atoms with Crippen molar-refractivity contribution in [2.75, 3.05) is 19.5 Å². The average Bonchev–Trinajstić information content (AvgIpc) is 2.61. The molecule has 24 heavy (non-hydrogen) atoms. The van der Waals surface area contributed by atoms with Crippen molar-refractivity contribution in [1.82, 2.24) is 0 Å². The van der Waals surface area contributed by atoms with Crippen molar-refractivity contribution in [2.24, 2.45) is 0 Å². The number of carbonyl (C=O) groups is 2. The second kappa shape index (κ2) is 8.15. The van der Waals surface area contributed by atoms with Crippen molar-refractivity contribution >= 4 is 17.4 Å². The number of rotatable bonds is 7. The summed E-state index contributed by atoms with van der Waals surface area (Å²) in [7, 11) is 3.00. The fourth-order valence-corrected chi connectivity index (χ4v) is 2.37. The van der Waals surface area contributed by atoms with Gasteiger partial charge in [0.25, 0.3) is 5.91 Å². The molecule has 5 nitrogen and oxygen atoms in total. The topological polar surface area (TPSA) is 64.6 Å². The van der Waals surface area contributed by atoms with Gasteiger partial charge in [0.15, 0.2) is 0 Å². The van der Waals surface area contributed by atoms with Crippen LogP contribution < -0.4 is 14.8 Å². The minimum Gasteiger partial charge on any atom is -0.494 e. The Balaban J connectivity index is 2.07. The van der Waals surface area contributed by atoms with Gasteiger partial charge in [-0.05, 0) is 36.6 Å². The highest BCUT2D eigenvalue weighted by molar-refractivity contribution is 6.40. The van der Waals surface area contributed by atoms with Gasteiger partial charge in [0.2, 0.25) is 5.78 Å². The predicted molar refractivity (Wildman–Crippen MR) is 92.7 cm³/mol. The van der Waals surface area contributed by atoms with Crippen LogP contribution in [-0.2, 0) is 16.0 Å². The number of methoxy groups -OCH3 is 2. The number of hydrogen-bond acceptors (Lipinski definition) is 4. The van der Waals surface area contributed by atoms with E-state index in [0.29, 0.717) is 23.6 Å². The Morgan fingerprint density at radius 3 is 2.12 bits per heavy atom. The fraction of sp³-hybridized carbons (Fsp3) is 0.263. The van der Waals surface area contributed by atoms with E-state index in [1.165, 1.54) is 14.2 Å². The van der Waals surface area contributed by atoms with Gasteiger partial charge in [-0.15, -0.1) is 0 Å². The molecule has 0 aromatic heterocycles. The van der Waals surface area contributed by atoms with Crippen LogP contribution in [0.2, 0.25) is 0 Å². The van der Waals surface area contributed by atoms with Crippen LogP contribution in [0.5, 0.6) is 11.5 Å². The quantitative estimate of drug-likeness (QED) is 0.794. The molecule has 2 aromatic carbocycles. The highest BCUT2D eigenvalue weighted by atomic mass is 16.5. The molecule has 0 aliphatic heterocycles. The first-order valence-electron chi connectivity index (χ1n) is 7.66. The summed E-state index contributed by atoms with van der Waals surface area (Å²) in [6.45, 7) is 1.89. The number of amides is 1. The zero-order valence-corrected chi connectivity index (χ0v) is 14.1. The third-order valence-electron chi connectivity index (χ3n) is 3.63. The second-order valence-corrected chi connectivity index (χ2v) is 5.41. The number of ether oxygens (including phenoxy) is 2. The van der Waals surface area contributed by atoms with E-state index in [-0.39, 0.29) is 6.42 Å². The molecule has 1 amide bonds. The van der Waals surface area contributed by atoms with Gasteiger partial charge in [0.1, 0.15) is 17.2 Å². The van der Waals surface area contributed by atoms with E-state index < -0.39 is 11.7 Å². The monoisotopic (exact) mass is 327 g/mol. The molecule has 126 valence electrons. The van der Waals surface area contributed by atoms with E-state index in [2.05, 4.69) is 5.32 Å². The van der Waals surface area contributed by atoms with Crippen LogP contribution in [0.1, 0.15) is 17.5 Å². The number of nitrogens with one attached hydrogen (secondary N) is 1. The number of aryl methyl sites for hydroxylation is 2. The summed E-state index contributed by atoms with van der Waals surface area (Å²) < 4.78 is 10.5. The molecule has 0 aliphatic rings. The van der Waals surface area contributed by atoms with Gasteiger partial charge >= 0.3 is 0 Å². The van der Waals surface area contributed by atoms with Crippen molar-refractivity contribution in [3.8, 4) is 11.5 Å². The predicted octanol–water partition coefficient (Wildman–Crippen LogP) is 3.15. The van der Waals surface area contributed by atoms with E-state index >= 15 is 0 Å². The van der Waals surface area contributed by atoms with E-state index in [4.69, 9.17) is 9.47 Å². The van der Waals surface area contributed by atoms with Gasteiger partial charge in [-0.25, -0.2) is 0 Å². The maximum absolute atomic E-state index is 12.2. The molecule has 0 radical (unpaired) electrons. The maximum Gasteiger partial charge on any atom is 0.291 e. The van der Waals surface area contributed by atoms with Crippen LogP contribution >= 0.6 is 0 Å². The molecule has 0 saturated heterocycles. The van der Waals surface area contributed by atoms with E-state index in [1.54, 1.807) is 12.1 Å². The zero-order valence-electron chi connectivity index (χ0n) is 14.1. The molecular formula is C19H21NO4. The molecule has 2 rings (SSSR count). The van der Waals surface area contributed by atoms with E-state index in [9.17, 15) is 9.59 Å². The third kappa shape index (κ3) is 4.35. The van der Waals surface area contributed by atoms with Crippen LogP contribution in [0, 0.1) is 6.92 Å². The average molecular weight is 327 g/mol. The van der Waals surface area contributed by atoms with Gasteiger partial charge in [-0.3, -0.25) is 9.59 Å². The number of ketones is 1. The Hall–Kier alpha value is -2.82. The normalized spacial score (nSPS) is 10.1.